The van der Waals surface area contributed by atoms with E-state index in [1.54, 1.807) is 54.6 Å². The van der Waals surface area contributed by atoms with Crippen molar-refractivity contribution in [1.29, 1.82) is 0 Å². The number of esters is 1. The summed E-state index contributed by atoms with van der Waals surface area (Å²) >= 11 is 0. The molecule has 1 amide bonds. The van der Waals surface area contributed by atoms with Gasteiger partial charge in [-0.25, -0.2) is 13.2 Å². The highest BCUT2D eigenvalue weighted by molar-refractivity contribution is 7.92. The lowest BCUT2D eigenvalue weighted by molar-refractivity contribution is -0.119. The van der Waals surface area contributed by atoms with Gasteiger partial charge in [0.2, 0.25) is 0 Å². The molecule has 0 bridgehead atoms. The van der Waals surface area contributed by atoms with Gasteiger partial charge in [-0.3, -0.25) is 9.10 Å². The van der Waals surface area contributed by atoms with Crippen LogP contribution in [0.2, 0.25) is 0 Å². The molecule has 8 nitrogen and oxygen atoms in total. The Morgan fingerprint density at radius 3 is 2.30 bits per heavy atom. The second-order valence-electron chi connectivity index (χ2n) is 6.92. The molecule has 0 aliphatic heterocycles. The van der Waals surface area contributed by atoms with Crippen LogP contribution in [0.5, 0.6) is 5.75 Å². The summed E-state index contributed by atoms with van der Waals surface area (Å²) in [5.41, 5.74) is 1.03. The zero-order chi connectivity index (χ0) is 23.8. The van der Waals surface area contributed by atoms with Crippen molar-refractivity contribution < 1.29 is 27.5 Å². The Morgan fingerprint density at radius 1 is 0.939 bits per heavy atom. The molecule has 0 aliphatic rings. The van der Waals surface area contributed by atoms with Crippen LogP contribution in [0.15, 0.2) is 83.8 Å². The van der Waals surface area contributed by atoms with Gasteiger partial charge in [-0.1, -0.05) is 24.3 Å². The topological polar surface area (TPSA) is 102 Å². The summed E-state index contributed by atoms with van der Waals surface area (Å²) in [7, 11) is -2.46. The van der Waals surface area contributed by atoms with Crippen molar-refractivity contribution >= 4 is 33.3 Å². The zero-order valence-corrected chi connectivity index (χ0v) is 19.0. The molecule has 0 aromatic heterocycles. The number of hydrogen-bond donors (Lipinski definition) is 1. The highest BCUT2D eigenvalue weighted by Crippen LogP contribution is 2.22. The largest absolute Gasteiger partial charge is 0.494 e. The molecule has 3 rings (SSSR count). The molecule has 3 aromatic carbocycles. The molecule has 172 valence electrons. The maximum atomic E-state index is 12.9. The van der Waals surface area contributed by atoms with Crippen LogP contribution in [0.25, 0.3) is 0 Å². The Hall–Kier alpha value is -3.85. The van der Waals surface area contributed by atoms with Gasteiger partial charge in [-0.15, -0.1) is 0 Å². The van der Waals surface area contributed by atoms with Gasteiger partial charge in [0, 0.05) is 12.7 Å². The standard InChI is InChI=1S/C24H24N2O6S/c1-3-31-21-14-12-19(13-15-21)25-23(27)17-32-24(28)18-8-7-11-22(16-18)33(29,30)26(2)20-9-5-4-6-10-20/h4-16H,3,17H2,1-2H3,(H,25,27). The Labute approximate surface area is 192 Å². The van der Waals surface area contributed by atoms with Crippen LogP contribution in [0.1, 0.15) is 17.3 Å². The monoisotopic (exact) mass is 468 g/mol. The Bertz CT molecular complexity index is 1210. The number of nitrogens with zero attached hydrogens (tertiary/aromatic N) is 1. The lowest BCUT2D eigenvalue weighted by Gasteiger charge is -2.19. The summed E-state index contributed by atoms with van der Waals surface area (Å²) in [4.78, 5) is 24.5. The van der Waals surface area contributed by atoms with Crippen molar-refractivity contribution in [2.24, 2.45) is 0 Å². The maximum absolute atomic E-state index is 12.9. The quantitative estimate of drug-likeness (QED) is 0.481. The van der Waals surface area contributed by atoms with Crippen molar-refractivity contribution in [2.45, 2.75) is 11.8 Å². The normalized spacial score (nSPS) is 10.8. The Balaban J connectivity index is 1.62. The van der Waals surface area contributed by atoms with E-state index in [1.807, 2.05) is 6.92 Å². The summed E-state index contributed by atoms with van der Waals surface area (Å²) in [5, 5.41) is 2.61. The fraction of sp³-hybridized carbons (Fsp3) is 0.167. The van der Waals surface area contributed by atoms with E-state index in [-0.39, 0.29) is 10.5 Å². The average Bonchev–Trinajstić information content (AvgIpc) is 2.84. The van der Waals surface area contributed by atoms with Crippen LogP contribution in [0, 0.1) is 0 Å². The van der Waals surface area contributed by atoms with E-state index in [9.17, 15) is 18.0 Å². The van der Waals surface area contributed by atoms with Crippen LogP contribution in [-0.4, -0.2) is 40.6 Å². The first kappa shape index (κ1) is 23.8. The average molecular weight is 469 g/mol. The van der Waals surface area contributed by atoms with E-state index < -0.39 is 28.5 Å². The molecule has 0 spiro atoms. The predicted octanol–water partition coefficient (Wildman–Crippen LogP) is 3.71. The van der Waals surface area contributed by atoms with Gasteiger partial charge in [0.05, 0.1) is 22.8 Å². The molecule has 0 saturated carbocycles. The molecule has 33 heavy (non-hydrogen) atoms. The number of sulfonamides is 1. The fourth-order valence-corrected chi connectivity index (χ4v) is 4.17. The number of carbonyl (C=O) groups is 2. The van der Waals surface area contributed by atoms with Gasteiger partial charge >= 0.3 is 5.97 Å². The van der Waals surface area contributed by atoms with Crippen LogP contribution >= 0.6 is 0 Å². The third kappa shape index (κ3) is 6.11. The lowest BCUT2D eigenvalue weighted by atomic mass is 10.2. The zero-order valence-electron chi connectivity index (χ0n) is 18.2. The third-order valence-electron chi connectivity index (χ3n) is 4.63. The highest BCUT2D eigenvalue weighted by Gasteiger charge is 2.23. The van der Waals surface area contributed by atoms with E-state index in [2.05, 4.69) is 5.32 Å². The molecule has 3 aromatic rings. The summed E-state index contributed by atoms with van der Waals surface area (Å²) in [6.45, 7) is 1.89. The van der Waals surface area contributed by atoms with Gasteiger partial charge in [-0.05, 0) is 61.5 Å². The Morgan fingerprint density at radius 2 is 1.64 bits per heavy atom. The molecule has 0 atom stereocenters. The molecule has 9 heteroatoms. The minimum atomic E-state index is -3.89. The van der Waals surface area contributed by atoms with Gasteiger partial charge in [-0.2, -0.15) is 0 Å². The van der Waals surface area contributed by atoms with Crippen LogP contribution in [0.3, 0.4) is 0 Å². The number of amides is 1. The first-order valence-corrected chi connectivity index (χ1v) is 11.6. The molecular formula is C24H24N2O6S. The van der Waals surface area contributed by atoms with Crippen molar-refractivity contribution in [3.63, 3.8) is 0 Å². The summed E-state index contributed by atoms with van der Waals surface area (Å²) in [6.07, 6.45) is 0. The van der Waals surface area contributed by atoms with Gasteiger partial charge in [0.15, 0.2) is 6.61 Å². The van der Waals surface area contributed by atoms with Crippen molar-refractivity contribution in [3.05, 3.63) is 84.4 Å². The van der Waals surface area contributed by atoms with Crippen LogP contribution < -0.4 is 14.4 Å². The van der Waals surface area contributed by atoms with E-state index in [1.165, 1.54) is 31.3 Å². The second-order valence-corrected chi connectivity index (χ2v) is 8.89. The third-order valence-corrected chi connectivity index (χ3v) is 6.41. The summed E-state index contributed by atoms with van der Waals surface area (Å²) in [6, 6.07) is 20.8. The molecule has 0 heterocycles. The minimum absolute atomic E-state index is 0.0198. The van der Waals surface area contributed by atoms with E-state index in [0.717, 1.165) is 4.31 Å². The van der Waals surface area contributed by atoms with Crippen molar-refractivity contribution in [3.8, 4) is 5.75 Å². The van der Waals surface area contributed by atoms with Crippen LogP contribution in [-0.2, 0) is 19.6 Å². The number of ether oxygens (including phenoxy) is 2. The number of nitrogens with one attached hydrogen (secondary N) is 1. The first-order chi connectivity index (χ1) is 15.8. The van der Waals surface area contributed by atoms with Gasteiger partial charge in [0.1, 0.15) is 5.75 Å². The van der Waals surface area contributed by atoms with Gasteiger partial charge < -0.3 is 14.8 Å². The highest BCUT2D eigenvalue weighted by atomic mass is 32.2. The Kier molecular flexibility index (Phi) is 7.68. The molecule has 0 unspecified atom stereocenters. The van der Waals surface area contributed by atoms with E-state index in [4.69, 9.17) is 9.47 Å². The number of para-hydroxylation sites is 1. The molecule has 1 N–H and O–H groups in total. The summed E-state index contributed by atoms with van der Waals surface area (Å²) in [5.74, 6) is -0.661. The number of hydrogen-bond acceptors (Lipinski definition) is 6. The summed E-state index contributed by atoms with van der Waals surface area (Å²) < 4.78 is 37.4. The van der Waals surface area contributed by atoms with Crippen molar-refractivity contribution in [1.82, 2.24) is 0 Å². The molecule has 0 radical (unpaired) electrons. The number of anilines is 2. The number of rotatable bonds is 9. The maximum Gasteiger partial charge on any atom is 0.338 e. The smallest absolute Gasteiger partial charge is 0.338 e. The predicted molar refractivity (Wildman–Crippen MR) is 125 cm³/mol. The first-order valence-electron chi connectivity index (χ1n) is 10.1. The fourth-order valence-electron chi connectivity index (χ4n) is 2.93. The molecule has 0 saturated heterocycles. The number of carbonyl (C=O) groups excluding carboxylic acids is 2. The second kappa shape index (κ2) is 10.6. The molecular weight excluding hydrogens is 444 g/mol. The molecule has 0 fully saturated rings. The van der Waals surface area contributed by atoms with E-state index in [0.29, 0.717) is 23.7 Å². The lowest BCUT2D eigenvalue weighted by Crippen LogP contribution is -2.26. The SMILES string of the molecule is CCOc1ccc(NC(=O)COC(=O)c2cccc(S(=O)(=O)N(C)c3ccccc3)c2)cc1. The molecule has 0 aliphatic carbocycles. The van der Waals surface area contributed by atoms with Crippen LogP contribution in [0.4, 0.5) is 11.4 Å². The minimum Gasteiger partial charge on any atom is -0.494 e. The van der Waals surface area contributed by atoms with Crippen molar-refractivity contribution in [2.75, 3.05) is 29.9 Å². The number of benzene rings is 3. The van der Waals surface area contributed by atoms with Gasteiger partial charge in [0.25, 0.3) is 15.9 Å². The van der Waals surface area contributed by atoms with E-state index >= 15 is 0 Å².